The Balaban J connectivity index is 1.34. The van der Waals surface area contributed by atoms with Crippen molar-refractivity contribution < 1.29 is 14.3 Å². The van der Waals surface area contributed by atoms with Gasteiger partial charge in [-0.2, -0.15) is 11.3 Å². The van der Waals surface area contributed by atoms with Crippen LogP contribution in [0.5, 0.6) is 5.75 Å². The molecular formula is C23H28N2O3S. The first-order chi connectivity index (χ1) is 14.0. The molecule has 4 aliphatic heterocycles. The first-order valence-electron chi connectivity index (χ1n) is 10.5. The molecule has 5 heterocycles. The molecule has 5 nitrogen and oxygen atoms in total. The van der Waals surface area contributed by atoms with Crippen LogP contribution < -0.4 is 10.1 Å². The van der Waals surface area contributed by atoms with Gasteiger partial charge in [0.05, 0.1) is 12.6 Å². The van der Waals surface area contributed by atoms with E-state index in [-0.39, 0.29) is 23.7 Å². The fraction of sp³-hybridized carbons (Fsp3) is 0.522. The Kier molecular flexibility index (Phi) is 4.79. The van der Waals surface area contributed by atoms with Crippen LogP contribution in [0.1, 0.15) is 38.3 Å². The number of nitrogens with one attached hydrogen (secondary N) is 1. The van der Waals surface area contributed by atoms with Crippen molar-refractivity contribution in [2.75, 3.05) is 26.2 Å². The lowest BCUT2D eigenvalue weighted by Crippen LogP contribution is -2.53. The standard InChI is InChI=1S/C23H28N2O3S/c1-23(2)14-27-19-11-16(17-7-10-29-13-17)3-4-18(19)21(23)24-22(26)28-20-12-25-8-5-15(20)6-9-25/h3-4,7,10-11,13,15,20-21H,5-6,8-9,12,14H2,1-2H3,(H,24,26)/t20-,21?/m0/s1. The molecule has 2 bridgehead atoms. The Hall–Kier alpha value is -2.05. The Morgan fingerprint density at radius 2 is 2.07 bits per heavy atom. The minimum atomic E-state index is -0.309. The molecule has 29 heavy (non-hydrogen) atoms. The quantitative estimate of drug-likeness (QED) is 0.794. The van der Waals surface area contributed by atoms with Gasteiger partial charge in [-0.15, -0.1) is 0 Å². The molecule has 2 aromatic rings. The van der Waals surface area contributed by atoms with Crippen molar-refractivity contribution in [3.8, 4) is 16.9 Å². The third kappa shape index (κ3) is 3.64. The van der Waals surface area contributed by atoms with Crippen LogP contribution in [0.4, 0.5) is 4.79 Å². The number of alkyl carbamates (subject to hydrolysis) is 1. The fourth-order valence-electron chi connectivity index (χ4n) is 4.88. The van der Waals surface area contributed by atoms with Crippen LogP contribution in [0.25, 0.3) is 11.1 Å². The van der Waals surface area contributed by atoms with Crippen molar-refractivity contribution in [1.29, 1.82) is 0 Å². The highest BCUT2D eigenvalue weighted by Gasteiger charge is 2.41. The van der Waals surface area contributed by atoms with E-state index in [0.29, 0.717) is 12.5 Å². The van der Waals surface area contributed by atoms with E-state index in [1.165, 1.54) is 5.56 Å². The van der Waals surface area contributed by atoms with Crippen molar-refractivity contribution in [1.82, 2.24) is 10.2 Å². The summed E-state index contributed by atoms with van der Waals surface area (Å²) in [7, 11) is 0. The Morgan fingerprint density at radius 3 is 2.76 bits per heavy atom. The normalized spacial score (nSPS) is 29.6. The molecule has 154 valence electrons. The van der Waals surface area contributed by atoms with Crippen LogP contribution in [-0.4, -0.2) is 43.3 Å². The van der Waals surface area contributed by atoms with E-state index in [2.05, 4.69) is 59.1 Å². The molecule has 4 aliphatic rings. The number of carbonyl (C=O) groups is 1. The largest absolute Gasteiger partial charge is 0.493 e. The predicted octanol–water partition coefficient (Wildman–Crippen LogP) is 4.70. The number of thiophene rings is 1. The van der Waals surface area contributed by atoms with Crippen molar-refractivity contribution in [2.24, 2.45) is 11.3 Å². The molecular weight excluding hydrogens is 384 g/mol. The van der Waals surface area contributed by atoms with Gasteiger partial charge in [0.25, 0.3) is 0 Å². The van der Waals surface area contributed by atoms with Crippen molar-refractivity contribution in [2.45, 2.75) is 38.8 Å². The van der Waals surface area contributed by atoms with E-state index in [0.717, 1.165) is 49.4 Å². The number of hydrogen-bond acceptors (Lipinski definition) is 5. The molecule has 1 aromatic carbocycles. The highest BCUT2D eigenvalue weighted by molar-refractivity contribution is 7.08. The van der Waals surface area contributed by atoms with E-state index in [1.54, 1.807) is 11.3 Å². The van der Waals surface area contributed by atoms with Crippen LogP contribution in [0.15, 0.2) is 35.0 Å². The molecule has 0 radical (unpaired) electrons. The van der Waals surface area contributed by atoms with Crippen molar-refractivity contribution >= 4 is 17.4 Å². The van der Waals surface area contributed by atoms with Crippen LogP contribution >= 0.6 is 11.3 Å². The number of benzene rings is 1. The summed E-state index contributed by atoms with van der Waals surface area (Å²) >= 11 is 1.68. The van der Waals surface area contributed by atoms with Gasteiger partial charge in [0.2, 0.25) is 0 Å². The topological polar surface area (TPSA) is 50.8 Å². The second-order valence-corrected chi connectivity index (χ2v) is 9.98. The summed E-state index contributed by atoms with van der Waals surface area (Å²) in [6.45, 7) is 7.95. The first-order valence-corrected chi connectivity index (χ1v) is 11.4. The monoisotopic (exact) mass is 412 g/mol. The highest BCUT2D eigenvalue weighted by Crippen LogP contribution is 2.44. The molecule has 6 heteroatoms. The minimum absolute atomic E-state index is 0.0147. The van der Waals surface area contributed by atoms with E-state index < -0.39 is 0 Å². The summed E-state index contributed by atoms with van der Waals surface area (Å²) in [5.41, 5.74) is 3.13. The molecule has 0 saturated carbocycles. The van der Waals surface area contributed by atoms with Gasteiger partial charge in [-0.05, 0) is 65.9 Å². The van der Waals surface area contributed by atoms with E-state index in [9.17, 15) is 4.79 Å². The zero-order chi connectivity index (χ0) is 20.0. The molecule has 6 rings (SSSR count). The van der Waals surface area contributed by atoms with E-state index in [1.807, 2.05) is 0 Å². The maximum atomic E-state index is 12.8. The predicted molar refractivity (Wildman–Crippen MR) is 114 cm³/mol. The zero-order valence-corrected chi connectivity index (χ0v) is 17.8. The number of rotatable bonds is 3. The molecule has 1 N–H and O–H groups in total. The van der Waals surface area contributed by atoms with Crippen molar-refractivity contribution in [3.63, 3.8) is 0 Å². The molecule has 1 amide bonds. The van der Waals surface area contributed by atoms with Crippen LogP contribution in [0.2, 0.25) is 0 Å². The number of hydrogen-bond donors (Lipinski definition) is 1. The molecule has 2 atom stereocenters. The molecule has 0 spiro atoms. The van der Waals surface area contributed by atoms with Gasteiger partial charge >= 0.3 is 6.09 Å². The summed E-state index contributed by atoms with van der Waals surface area (Å²) in [6, 6.07) is 8.25. The molecule has 1 aromatic heterocycles. The number of fused-ring (bicyclic) bond motifs is 4. The maximum Gasteiger partial charge on any atom is 0.407 e. The summed E-state index contributed by atoms with van der Waals surface area (Å²) < 4.78 is 12.0. The van der Waals surface area contributed by atoms with E-state index in [4.69, 9.17) is 9.47 Å². The molecule has 3 fully saturated rings. The Morgan fingerprint density at radius 1 is 1.24 bits per heavy atom. The summed E-state index contributed by atoms with van der Waals surface area (Å²) in [5, 5.41) is 7.38. The highest BCUT2D eigenvalue weighted by atomic mass is 32.1. The zero-order valence-electron chi connectivity index (χ0n) is 17.0. The Labute approximate surface area is 176 Å². The Bertz CT molecular complexity index is 888. The minimum Gasteiger partial charge on any atom is -0.493 e. The lowest BCUT2D eigenvalue weighted by Gasteiger charge is -2.44. The molecule has 3 saturated heterocycles. The summed E-state index contributed by atoms with van der Waals surface area (Å²) in [6.07, 6.45) is 1.97. The average Bonchev–Trinajstić information content (AvgIpc) is 3.26. The van der Waals surface area contributed by atoms with Crippen molar-refractivity contribution in [3.05, 3.63) is 40.6 Å². The third-order valence-electron chi connectivity index (χ3n) is 6.68. The maximum absolute atomic E-state index is 12.8. The smallest absolute Gasteiger partial charge is 0.407 e. The van der Waals surface area contributed by atoms with E-state index >= 15 is 0 Å². The second kappa shape index (κ2) is 7.33. The van der Waals surface area contributed by atoms with Gasteiger partial charge in [0.15, 0.2) is 0 Å². The van der Waals surface area contributed by atoms with Crippen LogP contribution in [0, 0.1) is 11.3 Å². The lowest BCUT2D eigenvalue weighted by atomic mass is 9.78. The second-order valence-electron chi connectivity index (χ2n) is 9.20. The third-order valence-corrected chi connectivity index (χ3v) is 7.36. The van der Waals surface area contributed by atoms with Crippen LogP contribution in [-0.2, 0) is 4.74 Å². The number of ether oxygens (including phenoxy) is 2. The number of amides is 1. The number of piperidine rings is 3. The van der Waals surface area contributed by atoms with Gasteiger partial charge in [0, 0.05) is 17.5 Å². The summed E-state index contributed by atoms with van der Waals surface area (Å²) in [5.74, 6) is 1.36. The van der Waals surface area contributed by atoms with Crippen LogP contribution in [0.3, 0.4) is 0 Å². The number of nitrogens with zero attached hydrogens (tertiary/aromatic N) is 1. The van der Waals surface area contributed by atoms with Gasteiger partial charge in [-0.1, -0.05) is 26.0 Å². The van der Waals surface area contributed by atoms with Gasteiger partial charge < -0.3 is 14.8 Å². The van der Waals surface area contributed by atoms with Gasteiger partial charge in [-0.3, -0.25) is 4.90 Å². The van der Waals surface area contributed by atoms with Gasteiger partial charge in [0.1, 0.15) is 11.9 Å². The van der Waals surface area contributed by atoms with Gasteiger partial charge in [-0.25, -0.2) is 4.79 Å². The average molecular weight is 413 g/mol. The lowest BCUT2D eigenvalue weighted by molar-refractivity contribution is -0.0361. The fourth-order valence-corrected chi connectivity index (χ4v) is 5.55. The number of carbonyl (C=O) groups excluding carboxylic acids is 1. The summed E-state index contributed by atoms with van der Waals surface area (Å²) in [4.78, 5) is 15.2. The SMILES string of the molecule is CC1(C)COc2cc(-c3ccsc3)ccc2C1NC(=O)O[C@H]1CN2CCC1CC2. The molecule has 0 aliphatic carbocycles. The first kappa shape index (κ1) is 18.9. The molecule has 1 unspecified atom stereocenters.